The van der Waals surface area contributed by atoms with Crippen LogP contribution in [0.25, 0.3) is 6.08 Å². The summed E-state index contributed by atoms with van der Waals surface area (Å²) in [4.78, 5) is 17.5. The van der Waals surface area contributed by atoms with Gasteiger partial charge in [-0.2, -0.15) is 0 Å². The van der Waals surface area contributed by atoms with Crippen LogP contribution >= 0.6 is 35.0 Å². The van der Waals surface area contributed by atoms with Gasteiger partial charge in [0.2, 0.25) is 0 Å². The topological polar surface area (TPSA) is 61.7 Å². The number of thioether (sulfide) groups is 1. The van der Waals surface area contributed by atoms with E-state index in [9.17, 15) is 9.90 Å². The zero-order valence-electron chi connectivity index (χ0n) is 18.4. The molecule has 0 radical (unpaired) electrons. The second kappa shape index (κ2) is 8.53. The Balaban J connectivity index is 2.03. The molecule has 0 saturated carbocycles. The molecule has 1 fully saturated rings. The van der Waals surface area contributed by atoms with Crippen LogP contribution in [0.2, 0.25) is 10.0 Å². The first kappa shape index (κ1) is 23.7. The predicted molar refractivity (Wildman–Crippen MR) is 133 cm³/mol. The number of carbonyl (C=O) groups is 1. The maximum absolute atomic E-state index is 12.6. The Hall–Kier alpha value is -1.95. The second-order valence-electron chi connectivity index (χ2n) is 9.52. The van der Waals surface area contributed by atoms with Crippen molar-refractivity contribution in [1.29, 1.82) is 0 Å². The number of nitrogens with one attached hydrogen (secondary N) is 1. The molecule has 31 heavy (non-hydrogen) atoms. The molecule has 1 aliphatic rings. The molecule has 0 bridgehead atoms. The van der Waals surface area contributed by atoms with Crippen LogP contribution in [0.1, 0.15) is 58.2 Å². The van der Waals surface area contributed by atoms with E-state index in [1.54, 1.807) is 18.2 Å². The van der Waals surface area contributed by atoms with E-state index in [2.05, 4.69) is 51.9 Å². The first-order valence-electron chi connectivity index (χ1n) is 9.89. The largest absolute Gasteiger partial charge is 0.507 e. The van der Waals surface area contributed by atoms with Crippen molar-refractivity contribution in [1.82, 2.24) is 5.32 Å². The van der Waals surface area contributed by atoms with Gasteiger partial charge in [0.15, 0.2) is 5.17 Å². The van der Waals surface area contributed by atoms with Crippen LogP contribution in [-0.2, 0) is 15.6 Å². The Labute approximate surface area is 197 Å². The molecule has 0 aliphatic carbocycles. The number of aromatic hydroxyl groups is 1. The first-order chi connectivity index (χ1) is 14.3. The molecule has 0 spiro atoms. The highest BCUT2D eigenvalue weighted by molar-refractivity contribution is 8.18. The summed E-state index contributed by atoms with van der Waals surface area (Å²) in [5, 5.41) is 14.9. The van der Waals surface area contributed by atoms with Gasteiger partial charge in [-0.15, -0.1) is 0 Å². The molecule has 0 aromatic heterocycles. The molecule has 1 saturated heterocycles. The number of amides is 1. The number of nitrogens with zero attached hydrogens (tertiary/aromatic N) is 1. The minimum Gasteiger partial charge on any atom is -0.507 e. The van der Waals surface area contributed by atoms with Crippen LogP contribution in [0.15, 0.2) is 40.2 Å². The van der Waals surface area contributed by atoms with Crippen molar-refractivity contribution in [3.63, 3.8) is 0 Å². The van der Waals surface area contributed by atoms with Gasteiger partial charge in [0, 0.05) is 11.1 Å². The van der Waals surface area contributed by atoms with E-state index in [1.807, 2.05) is 18.2 Å². The molecule has 1 aliphatic heterocycles. The number of amidine groups is 1. The maximum atomic E-state index is 12.6. The van der Waals surface area contributed by atoms with Crippen molar-refractivity contribution in [2.45, 2.75) is 52.4 Å². The quantitative estimate of drug-likeness (QED) is 0.450. The van der Waals surface area contributed by atoms with Crippen molar-refractivity contribution >= 4 is 57.8 Å². The van der Waals surface area contributed by atoms with Crippen molar-refractivity contribution in [3.8, 4) is 5.75 Å². The fraction of sp³-hybridized carbons (Fsp3) is 0.333. The van der Waals surface area contributed by atoms with Crippen molar-refractivity contribution in [2.75, 3.05) is 0 Å². The minimum absolute atomic E-state index is 0.232. The summed E-state index contributed by atoms with van der Waals surface area (Å²) in [5.74, 6) is 0.0770. The lowest BCUT2D eigenvalue weighted by molar-refractivity contribution is -0.115. The summed E-state index contributed by atoms with van der Waals surface area (Å²) in [6.07, 6.45) is 1.83. The van der Waals surface area contributed by atoms with Crippen LogP contribution < -0.4 is 5.32 Å². The van der Waals surface area contributed by atoms with Crippen LogP contribution in [-0.4, -0.2) is 16.2 Å². The molecule has 2 aromatic carbocycles. The van der Waals surface area contributed by atoms with Crippen molar-refractivity contribution in [3.05, 3.63) is 62.0 Å². The smallest absolute Gasteiger partial charge is 0.264 e. The molecule has 0 atom stereocenters. The van der Waals surface area contributed by atoms with Crippen LogP contribution in [0.3, 0.4) is 0 Å². The second-order valence-corrected chi connectivity index (χ2v) is 11.3. The van der Waals surface area contributed by atoms with E-state index < -0.39 is 0 Å². The van der Waals surface area contributed by atoms with Gasteiger partial charge in [-0.05, 0) is 58.5 Å². The number of phenols is 1. The molecular formula is C24H26Cl2N2O2S. The standard InChI is InChI=1S/C24H26Cl2N2O2S/c1-23(2,3)14-10-13(11-15(20(14)29)24(4,5)6)12-18-21(30)28-22(31-18)27-17-9-7-8-16(25)19(17)26/h7-12,29H,1-6H3,(H,27,28,30)/b18-12+. The fourth-order valence-corrected chi connectivity index (χ4v) is 4.38. The SMILES string of the molecule is CC(C)(C)c1cc(/C=C2/SC(=Nc3cccc(Cl)c3Cl)NC2=O)cc(C(C)(C)C)c1O. The van der Waals surface area contributed by atoms with Crippen LogP contribution in [0.5, 0.6) is 5.75 Å². The third-order valence-electron chi connectivity index (χ3n) is 4.85. The number of hydrogen-bond donors (Lipinski definition) is 2. The molecule has 164 valence electrons. The summed E-state index contributed by atoms with van der Waals surface area (Å²) >= 11 is 13.5. The highest BCUT2D eigenvalue weighted by atomic mass is 35.5. The van der Waals surface area contributed by atoms with Crippen LogP contribution in [0.4, 0.5) is 5.69 Å². The van der Waals surface area contributed by atoms with E-state index in [4.69, 9.17) is 23.2 Å². The lowest BCUT2D eigenvalue weighted by Gasteiger charge is -2.28. The summed E-state index contributed by atoms with van der Waals surface area (Å²) < 4.78 is 0. The average molecular weight is 477 g/mol. The molecule has 1 amide bonds. The number of hydrogen-bond acceptors (Lipinski definition) is 4. The number of benzene rings is 2. The number of rotatable bonds is 2. The number of phenolic OH excluding ortho intramolecular Hbond substituents is 1. The zero-order valence-corrected chi connectivity index (χ0v) is 20.8. The average Bonchev–Trinajstić information content (AvgIpc) is 2.97. The third kappa shape index (κ3) is 5.28. The Bertz CT molecular complexity index is 1070. The summed E-state index contributed by atoms with van der Waals surface area (Å²) in [6, 6.07) is 9.05. The van der Waals surface area contributed by atoms with Crippen LogP contribution in [0, 0.1) is 0 Å². The zero-order chi connectivity index (χ0) is 23.1. The maximum Gasteiger partial charge on any atom is 0.264 e. The van der Waals surface area contributed by atoms with E-state index in [0.717, 1.165) is 16.7 Å². The highest BCUT2D eigenvalue weighted by Gasteiger charge is 2.28. The molecule has 2 aromatic rings. The molecule has 2 N–H and O–H groups in total. The van der Waals surface area contributed by atoms with Crippen molar-refractivity contribution < 1.29 is 9.90 Å². The summed E-state index contributed by atoms with van der Waals surface area (Å²) in [7, 11) is 0. The summed E-state index contributed by atoms with van der Waals surface area (Å²) in [5.41, 5.74) is 2.53. The van der Waals surface area contributed by atoms with Gasteiger partial charge < -0.3 is 10.4 Å². The minimum atomic E-state index is -0.250. The van der Waals surface area contributed by atoms with Gasteiger partial charge >= 0.3 is 0 Å². The monoisotopic (exact) mass is 476 g/mol. The molecule has 3 rings (SSSR count). The lowest BCUT2D eigenvalue weighted by atomic mass is 9.78. The predicted octanol–water partition coefficient (Wildman–Crippen LogP) is 7.19. The van der Waals surface area contributed by atoms with E-state index in [-0.39, 0.29) is 16.7 Å². The lowest BCUT2D eigenvalue weighted by Crippen LogP contribution is -2.19. The van der Waals surface area contributed by atoms with E-state index >= 15 is 0 Å². The Kier molecular flexibility index (Phi) is 6.52. The molecule has 0 unspecified atom stereocenters. The van der Waals surface area contributed by atoms with E-state index in [1.165, 1.54) is 11.8 Å². The normalized spacial score (nSPS) is 17.5. The fourth-order valence-electron chi connectivity index (χ4n) is 3.20. The summed E-state index contributed by atoms with van der Waals surface area (Å²) in [6.45, 7) is 12.3. The highest BCUT2D eigenvalue weighted by Crippen LogP contribution is 2.41. The number of aliphatic imine (C=N–C) groups is 1. The van der Waals surface area contributed by atoms with Gasteiger partial charge in [-0.1, -0.05) is 70.8 Å². The molecule has 1 heterocycles. The number of carbonyl (C=O) groups excluding carboxylic acids is 1. The Morgan fingerprint density at radius 1 is 1.03 bits per heavy atom. The van der Waals surface area contributed by atoms with Gasteiger partial charge in [0.25, 0.3) is 5.91 Å². The molecule has 7 heteroatoms. The van der Waals surface area contributed by atoms with E-state index in [0.29, 0.717) is 31.6 Å². The molecule has 4 nitrogen and oxygen atoms in total. The third-order valence-corrected chi connectivity index (χ3v) is 6.57. The molecular weight excluding hydrogens is 451 g/mol. The Morgan fingerprint density at radius 3 is 2.16 bits per heavy atom. The van der Waals surface area contributed by atoms with Gasteiger partial charge in [-0.3, -0.25) is 4.79 Å². The Morgan fingerprint density at radius 2 is 1.61 bits per heavy atom. The van der Waals surface area contributed by atoms with Gasteiger partial charge in [0.05, 0.1) is 20.6 Å². The van der Waals surface area contributed by atoms with Gasteiger partial charge in [0.1, 0.15) is 5.75 Å². The van der Waals surface area contributed by atoms with Crippen molar-refractivity contribution in [2.24, 2.45) is 4.99 Å². The number of halogens is 2. The van der Waals surface area contributed by atoms with Gasteiger partial charge in [-0.25, -0.2) is 4.99 Å². The first-order valence-corrected chi connectivity index (χ1v) is 11.5.